The van der Waals surface area contributed by atoms with Crippen LogP contribution < -0.4 is 15.7 Å². The lowest BCUT2D eigenvalue weighted by molar-refractivity contribution is -0.118. The quantitative estimate of drug-likeness (QED) is 0.690. The van der Waals surface area contributed by atoms with Crippen molar-refractivity contribution >= 4 is 22.6 Å². The molecule has 1 amide bonds. The number of imidazole rings is 1. The number of aromatic nitrogens is 2. The van der Waals surface area contributed by atoms with Crippen LogP contribution in [0.15, 0.2) is 47.3 Å². The molecule has 0 aliphatic heterocycles. The van der Waals surface area contributed by atoms with Crippen LogP contribution in [0.1, 0.15) is 5.56 Å². The number of carbonyl (C=O) groups excluding carboxylic acids is 1. The molecule has 3 N–H and O–H groups in total. The van der Waals surface area contributed by atoms with Gasteiger partial charge in [0.05, 0.1) is 11.0 Å². The molecule has 0 atom stereocenters. The topological polar surface area (TPSA) is 87.0 Å². The molecule has 6 nitrogen and oxygen atoms in total. The molecule has 112 valence electrons. The van der Waals surface area contributed by atoms with Crippen LogP contribution in [0.3, 0.4) is 0 Å². The van der Waals surface area contributed by atoms with Crippen molar-refractivity contribution in [2.75, 3.05) is 11.9 Å². The summed E-state index contributed by atoms with van der Waals surface area (Å²) in [5, 5.41) is 2.73. The lowest BCUT2D eigenvalue weighted by Gasteiger charge is -2.08. The van der Waals surface area contributed by atoms with Crippen molar-refractivity contribution in [2.45, 2.75) is 6.92 Å². The average molecular weight is 297 g/mol. The van der Waals surface area contributed by atoms with Gasteiger partial charge in [-0.05, 0) is 42.8 Å². The molecule has 3 aromatic rings. The summed E-state index contributed by atoms with van der Waals surface area (Å²) in [5.41, 5.74) is 2.73. The molecule has 0 bridgehead atoms. The number of ether oxygens (including phenoxy) is 1. The van der Waals surface area contributed by atoms with Gasteiger partial charge in [-0.1, -0.05) is 12.1 Å². The van der Waals surface area contributed by atoms with E-state index in [2.05, 4.69) is 15.3 Å². The van der Waals surface area contributed by atoms with Crippen LogP contribution in [0.5, 0.6) is 5.75 Å². The molecule has 0 saturated heterocycles. The summed E-state index contributed by atoms with van der Waals surface area (Å²) in [6, 6.07) is 12.6. The number of amides is 1. The van der Waals surface area contributed by atoms with Crippen molar-refractivity contribution in [2.24, 2.45) is 0 Å². The standard InChI is InChI=1S/C16H15N3O3/c1-10-3-2-4-12(7-10)22-9-15(20)17-11-5-6-13-14(8-11)19-16(21)18-13/h2-8H,9H2,1H3,(H,17,20)(H2,18,19,21). The number of rotatable bonds is 4. The van der Waals surface area contributed by atoms with Gasteiger partial charge in [0.2, 0.25) is 0 Å². The Morgan fingerprint density at radius 1 is 1.14 bits per heavy atom. The number of fused-ring (bicyclic) bond motifs is 1. The summed E-state index contributed by atoms with van der Waals surface area (Å²) in [5.74, 6) is 0.388. The number of nitrogens with one attached hydrogen (secondary N) is 3. The first kappa shape index (κ1) is 13.9. The van der Waals surface area contributed by atoms with Crippen LogP contribution in [-0.4, -0.2) is 22.5 Å². The van der Waals surface area contributed by atoms with Gasteiger partial charge in [0.25, 0.3) is 5.91 Å². The van der Waals surface area contributed by atoms with E-state index in [1.165, 1.54) is 0 Å². The number of hydrogen-bond donors (Lipinski definition) is 3. The number of benzene rings is 2. The Morgan fingerprint density at radius 3 is 2.77 bits per heavy atom. The zero-order chi connectivity index (χ0) is 15.5. The molecule has 1 heterocycles. The first-order valence-corrected chi connectivity index (χ1v) is 6.81. The highest BCUT2D eigenvalue weighted by molar-refractivity contribution is 5.93. The van der Waals surface area contributed by atoms with E-state index in [1.54, 1.807) is 24.3 Å². The second-order valence-electron chi connectivity index (χ2n) is 4.99. The van der Waals surface area contributed by atoms with Crippen molar-refractivity contribution < 1.29 is 9.53 Å². The molecule has 0 fully saturated rings. The summed E-state index contributed by atoms with van der Waals surface area (Å²) < 4.78 is 5.44. The zero-order valence-electron chi connectivity index (χ0n) is 12.0. The Bertz CT molecular complexity index is 879. The number of anilines is 1. The minimum Gasteiger partial charge on any atom is -0.484 e. The van der Waals surface area contributed by atoms with E-state index in [0.29, 0.717) is 22.5 Å². The first-order valence-electron chi connectivity index (χ1n) is 6.81. The fourth-order valence-corrected chi connectivity index (χ4v) is 2.16. The summed E-state index contributed by atoms with van der Waals surface area (Å²) in [6.45, 7) is 1.88. The molecule has 0 saturated carbocycles. The molecule has 22 heavy (non-hydrogen) atoms. The molecule has 0 spiro atoms. The highest BCUT2D eigenvalue weighted by atomic mass is 16.5. The predicted molar refractivity (Wildman–Crippen MR) is 84.2 cm³/mol. The second-order valence-corrected chi connectivity index (χ2v) is 4.99. The Hall–Kier alpha value is -3.02. The van der Waals surface area contributed by atoms with Crippen LogP contribution >= 0.6 is 0 Å². The number of carbonyl (C=O) groups is 1. The van der Waals surface area contributed by atoms with E-state index < -0.39 is 0 Å². The second kappa shape index (κ2) is 5.77. The van der Waals surface area contributed by atoms with Crippen molar-refractivity contribution in [1.29, 1.82) is 0 Å². The van der Waals surface area contributed by atoms with E-state index in [-0.39, 0.29) is 18.2 Å². The van der Waals surface area contributed by atoms with Gasteiger partial charge in [0.1, 0.15) is 5.75 Å². The maximum atomic E-state index is 11.9. The Morgan fingerprint density at radius 2 is 1.95 bits per heavy atom. The molecule has 0 aliphatic rings. The molecule has 0 radical (unpaired) electrons. The third kappa shape index (κ3) is 3.17. The lowest BCUT2D eigenvalue weighted by Crippen LogP contribution is -2.20. The van der Waals surface area contributed by atoms with Gasteiger partial charge in [-0.2, -0.15) is 0 Å². The van der Waals surface area contributed by atoms with Crippen LogP contribution in [0.2, 0.25) is 0 Å². The van der Waals surface area contributed by atoms with E-state index >= 15 is 0 Å². The van der Waals surface area contributed by atoms with Gasteiger partial charge < -0.3 is 20.0 Å². The predicted octanol–water partition coefficient (Wildman–Crippen LogP) is 2.18. The van der Waals surface area contributed by atoms with Gasteiger partial charge in [-0.15, -0.1) is 0 Å². The van der Waals surface area contributed by atoms with Crippen LogP contribution in [0, 0.1) is 6.92 Å². The molecule has 1 aromatic heterocycles. The van der Waals surface area contributed by atoms with Gasteiger partial charge >= 0.3 is 5.69 Å². The van der Waals surface area contributed by atoms with Crippen LogP contribution in [0.4, 0.5) is 5.69 Å². The van der Waals surface area contributed by atoms with Crippen LogP contribution in [0.25, 0.3) is 11.0 Å². The minimum atomic E-state index is -0.277. The SMILES string of the molecule is Cc1cccc(OCC(=O)Nc2ccc3[nH]c(=O)[nH]c3c2)c1. The van der Waals surface area contributed by atoms with Crippen molar-refractivity contribution in [3.8, 4) is 5.75 Å². The maximum absolute atomic E-state index is 11.9. The normalized spacial score (nSPS) is 10.6. The van der Waals surface area contributed by atoms with E-state index in [1.807, 2.05) is 25.1 Å². The van der Waals surface area contributed by atoms with Gasteiger partial charge in [-0.3, -0.25) is 4.79 Å². The Balaban J connectivity index is 1.64. The highest BCUT2D eigenvalue weighted by Crippen LogP contribution is 2.15. The summed E-state index contributed by atoms with van der Waals surface area (Å²) in [7, 11) is 0. The smallest absolute Gasteiger partial charge is 0.323 e. The molecule has 2 aromatic carbocycles. The number of aromatic amines is 2. The van der Waals surface area contributed by atoms with Crippen molar-refractivity contribution in [3.05, 3.63) is 58.5 Å². The number of H-pyrrole nitrogens is 2. The average Bonchev–Trinajstić information content (AvgIpc) is 2.84. The third-order valence-corrected chi connectivity index (χ3v) is 3.16. The summed E-state index contributed by atoms with van der Waals surface area (Å²) in [4.78, 5) is 28.4. The van der Waals surface area contributed by atoms with Gasteiger partial charge in [0, 0.05) is 5.69 Å². The fraction of sp³-hybridized carbons (Fsp3) is 0.125. The van der Waals surface area contributed by atoms with Crippen molar-refractivity contribution in [3.63, 3.8) is 0 Å². The van der Waals surface area contributed by atoms with E-state index in [0.717, 1.165) is 5.56 Å². The first-order chi connectivity index (χ1) is 10.6. The fourth-order valence-electron chi connectivity index (χ4n) is 2.16. The minimum absolute atomic E-state index is 0.0782. The molecule has 3 rings (SSSR count). The lowest BCUT2D eigenvalue weighted by atomic mass is 10.2. The highest BCUT2D eigenvalue weighted by Gasteiger charge is 2.06. The number of aryl methyl sites for hydroxylation is 1. The van der Waals surface area contributed by atoms with Crippen LogP contribution in [-0.2, 0) is 4.79 Å². The summed E-state index contributed by atoms with van der Waals surface area (Å²) in [6.07, 6.45) is 0. The third-order valence-electron chi connectivity index (χ3n) is 3.16. The van der Waals surface area contributed by atoms with Gasteiger partial charge in [-0.25, -0.2) is 4.79 Å². The molecule has 6 heteroatoms. The molecular weight excluding hydrogens is 282 g/mol. The Labute approximate surface area is 126 Å². The van der Waals surface area contributed by atoms with Crippen molar-refractivity contribution in [1.82, 2.24) is 9.97 Å². The Kier molecular flexibility index (Phi) is 3.65. The molecular formula is C16H15N3O3. The number of hydrogen-bond acceptors (Lipinski definition) is 3. The maximum Gasteiger partial charge on any atom is 0.323 e. The largest absolute Gasteiger partial charge is 0.484 e. The van der Waals surface area contributed by atoms with E-state index in [4.69, 9.17) is 4.74 Å². The van der Waals surface area contributed by atoms with E-state index in [9.17, 15) is 9.59 Å². The summed E-state index contributed by atoms with van der Waals surface area (Å²) >= 11 is 0. The van der Waals surface area contributed by atoms with Gasteiger partial charge in [0.15, 0.2) is 6.61 Å². The zero-order valence-corrected chi connectivity index (χ0v) is 12.0. The molecule has 0 aliphatic carbocycles. The molecule has 0 unspecified atom stereocenters. The monoisotopic (exact) mass is 297 g/mol.